The zero-order valence-electron chi connectivity index (χ0n) is 12.6. The van der Waals surface area contributed by atoms with E-state index in [1.807, 2.05) is 0 Å². The molecular weight excluding hydrogens is 266 g/mol. The average molecular weight is 293 g/mol. The van der Waals surface area contributed by atoms with Gasteiger partial charge in [-0.3, -0.25) is 4.79 Å². The number of amides is 3. The predicted octanol–water partition coefficient (Wildman–Crippen LogP) is 1.91. The van der Waals surface area contributed by atoms with E-state index in [-0.39, 0.29) is 23.9 Å². The highest BCUT2D eigenvalue weighted by Crippen LogP contribution is 2.44. The van der Waals surface area contributed by atoms with E-state index in [0.717, 1.165) is 32.1 Å². The van der Waals surface area contributed by atoms with Gasteiger partial charge in [-0.05, 0) is 50.4 Å². The minimum absolute atomic E-state index is 0.0935. The Morgan fingerprint density at radius 2 is 1.52 bits per heavy atom. The van der Waals surface area contributed by atoms with Crippen molar-refractivity contribution in [3.8, 4) is 0 Å². The molecular formula is C16H27N3O2. The number of hydrogen-bond donors (Lipinski definition) is 3. The average Bonchev–Trinajstić information content (AvgIpc) is 3.31. The highest BCUT2D eigenvalue weighted by Gasteiger charge is 2.42. The van der Waals surface area contributed by atoms with Crippen molar-refractivity contribution in [1.82, 2.24) is 10.6 Å². The molecule has 0 aliphatic heterocycles. The lowest BCUT2D eigenvalue weighted by atomic mass is 9.94. The lowest BCUT2D eigenvalue weighted by Crippen LogP contribution is -2.51. The fraction of sp³-hybridized carbons (Fsp3) is 0.875. The summed E-state index contributed by atoms with van der Waals surface area (Å²) in [6.45, 7) is 0. The van der Waals surface area contributed by atoms with Crippen LogP contribution in [0.3, 0.4) is 0 Å². The fourth-order valence-corrected chi connectivity index (χ4v) is 3.71. The third-order valence-electron chi connectivity index (χ3n) is 5.26. The Bertz CT molecular complexity index is 392. The molecule has 0 aromatic carbocycles. The fourth-order valence-electron chi connectivity index (χ4n) is 3.71. The van der Waals surface area contributed by atoms with Gasteiger partial charge in [-0.25, -0.2) is 4.79 Å². The SMILES string of the molecule is NC(=O)[C@@H]1CCCCC[C@H]1NC(=O)NC(C1CC1)C1CC1. The Labute approximate surface area is 126 Å². The van der Waals surface area contributed by atoms with Gasteiger partial charge in [0.2, 0.25) is 5.91 Å². The molecule has 3 aliphatic rings. The topological polar surface area (TPSA) is 84.2 Å². The highest BCUT2D eigenvalue weighted by atomic mass is 16.2. The van der Waals surface area contributed by atoms with Crippen molar-refractivity contribution >= 4 is 11.9 Å². The largest absolute Gasteiger partial charge is 0.369 e. The molecule has 4 N–H and O–H groups in total. The Morgan fingerprint density at radius 1 is 0.905 bits per heavy atom. The van der Waals surface area contributed by atoms with Crippen LogP contribution in [0.2, 0.25) is 0 Å². The Hall–Kier alpha value is -1.26. The molecule has 5 nitrogen and oxygen atoms in total. The van der Waals surface area contributed by atoms with E-state index in [0.29, 0.717) is 17.9 Å². The van der Waals surface area contributed by atoms with Crippen molar-refractivity contribution in [3.05, 3.63) is 0 Å². The number of nitrogens with two attached hydrogens (primary N) is 1. The molecule has 118 valence electrons. The molecule has 0 aromatic rings. The standard InChI is InChI=1S/C16H27N3O2/c17-15(20)12-4-2-1-3-5-13(12)18-16(21)19-14(10-6-7-10)11-8-9-11/h10-14H,1-9H2,(H2,17,20)(H2,18,19,21)/t12-,13-/m1/s1. The van der Waals surface area contributed by atoms with E-state index in [4.69, 9.17) is 5.73 Å². The molecule has 3 rings (SSSR count). The molecule has 3 aliphatic carbocycles. The van der Waals surface area contributed by atoms with Gasteiger partial charge in [0.15, 0.2) is 0 Å². The van der Waals surface area contributed by atoms with Gasteiger partial charge in [0, 0.05) is 12.1 Å². The first-order valence-electron chi connectivity index (χ1n) is 8.51. The molecule has 3 fully saturated rings. The normalized spacial score (nSPS) is 29.8. The molecule has 21 heavy (non-hydrogen) atoms. The number of carbonyl (C=O) groups excluding carboxylic acids is 2. The first kappa shape index (κ1) is 14.7. The van der Waals surface area contributed by atoms with Crippen LogP contribution in [0.1, 0.15) is 57.8 Å². The minimum atomic E-state index is -0.275. The zero-order chi connectivity index (χ0) is 14.8. The van der Waals surface area contributed by atoms with Gasteiger partial charge >= 0.3 is 6.03 Å². The number of urea groups is 1. The van der Waals surface area contributed by atoms with Crippen LogP contribution in [0, 0.1) is 17.8 Å². The first-order valence-corrected chi connectivity index (χ1v) is 8.51. The van der Waals surface area contributed by atoms with Crippen LogP contribution in [-0.2, 0) is 4.79 Å². The molecule has 0 radical (unpaired) electrons. The van der Waals surface area contributed by atoms with Crippen LogP contribution in [0.15, 0.2) is 0 Å². The molecule has 0 saturated heterocycles. The van der Waals surface area contributed by atoms with Crippen molar-refractivity contribution in [2.75, 3.05) is 0 Å². The summed E-state index contributed by atoms with van der Waals surface area (Å²) in [4.78, 5) is 23.9. The monoisotopic (exact) mass is 293 g/mol. The van der Waals surface area contributed by atoms with Crippen LogP contribution in [0.25, 0.3) is 0 Å². The summed E-state index contributed by atoms with van der Waals surface area (Å²) in [5.74, 6) is 0.885. The third-order valence-corrected chi connectivity index (χ3v) is 5.26. The van der Waals surface area contributed by atoms with Gasteiger partial charge in [-0.2, -0.15) is 0 Å². The van der Waals surface area contributed by atoms with E-state index in [9.17, 15) is 9.59 Å². The molecule has 0 bridgehead atoms. The molecule has 3 saturated carbocycles. The Morgan fingerprint density at radius 3 is 2.10 bits per heavy atom. The summed E-state index contributed by atoms with van der Waals surface area (Å²) in [6, 6.07) is 0.156. The number of hydrogen-bond acceptors (Lipinski definition) is 2. The molecule has 0 unspecified atom stereocenters. The van der Waals surface area contributed by atoms with Crippen molar-refractivity contribution in [2.45, 2.75) is 69.9 Å². The van der Waals surface area contributed by atoms with Crippen LogP contribution in [-0.4, -0.2) is 24.0 Å². The van der Waals surface area contributed by atoms with Crippen molar-refractivity contribution in [1.29, 1.82) is 0 Å². The maximum absolute atomic E-state index is 12.3. The molecule has 3 amide bonds. The van der Waals surface area contributed by atoms with E-state index in [2.05, 4.69) is 10.6 Å². The lowest BCUT2D eigenvalue weighted by molar-refractivity contribution is -0.122. The molecule has 0 spiro atoms. The zero-order valence-corrected chi connectivity index (χ0v) is 12.6. The predicted molar refractivity (Wildman–Crippen MR) is 80.5 cm³/mol. The van der Waals surface area contributed by atoms with Gasteiger partial charge in [0.1, 0.15) is 0 Å². The van der Waals surface area contributed by atoms with E-state index in [1.165, 1.54) is 25.7 Å². The molecule has 0 aromatic heterocycles. The summed E-state index contributed by atoms with van der Waals surface area (Å²) in [5.41, 5.74) is 5.51. The summed E-state index contributed by atoms with van der Waals surface area (Å²) < 4.78 is 0. The van der Waals surface area contributed by atoms with Crippen LogP contribution < -0.4 is 16.4 Å². The number of carbonyl (C=O) groups is 2. The van der Waals surface area contributed by atoms with Gasteiger partial charge in [-0.1, -0.05) is 19.3 Å². The second-order valence-corrected chi connectivity index (χ2v) is 7.07. The maximum Gasteiger partial charge on any atom is 0.315 e. The third kappa shape index (κ3) is 3.89. The molecule has 0 heterocycles. The van der Waals surface area contributed by atoms with Gasteiger partial charge in [0.05, 0.1) is 5.92 Å². The van der Waals surface area contributed by atoms with E-state index >= 15 is 0 Å². The Balaban J connectivity index is 1.55. The van der Waals surface area contributed by atoms with E-state index < -0.39 is 0 Å². The van der Waals surface area contributed by atoms with Crippen LogP contribution >= 0.6 is 0 Å². The summed E-state index contributed by atoms with van der Waals surface area (Å²) in [5, 5.41) is 6.20. The quantitative estimate of drug-likeness (QED) is 0.676. The first-order chi connectivity index (χ1) is 10.1. The second kappa shape index (κ2) is 6.24. The van der Waals surface area contributed by atoms with Gasteiger partial charge in [0.25, 0.3) is 0 Å². The maximum atomic E-state index is 12.3. The summed E-state index contributed by atoms with van der Waals surface area (Å²) in [6.07, 6.45) is 9.85. The molecule has 2 atom stereocenters. The highest BCUT2D eigenvalue weighted by molar-refractivity contribution is 5.80. The van der Waals surface area contributed by atoms with E-state index in [1.54, 1.807) is 0 Å². The van der Waals surface area contributed by atoms with Crippen LogP contribution in [0.4, 0.5) is 4.79 Å². The Kier molecular flexibility index (Phi) is 4.36. The second-order valence-electron chi connectivity index (χ2n) is 7.07. The number of primary amides is 1. The van der Waals surface area contributed by atoms with Crippen LogP contribution in [0.5, 0.6) is 0 Å². The van der Waals surface area contributed by atoms with Crippen molar-refractivity contribution < 1.29 is 9.59 Å². The minimum Gasteiger partial charge on any atom is -0.369 e. The summed E-state index contributed by atoms with van der Waals surface area (Å²) >= 11 is 0. The van der Waals surface area contributed by atoms with Crippen molar-refractivity contribution in [3.63, 3.8) is 0 Å². The molecule has 5 heteroatoms. The smallest absolute Gasteiger partial charge is 0.315 e. The van der Waals surface area contributed by atoms with Crippen molar-refractivity contribution in [2.24, 2.45) is 23.5 Å². The number of nitrogens with one attached hydrogen (secondary N) is 2. The summed E-state index contributed by atoms with van der Waals surface area (Å²) in [7, 11) is 0. The number of rotatable bonds is 5. The van der Waals surface area contributed by atoms with Gasteiger partial charge in [-0.15, -0.1) is 0 Å². The van der Waals surface area contributed by atoms with Gasteiger partial charge < -0.3 is 16.4 Å². The lowest BCUT2D eigenvalue weighted by Gasteiger charge is -2.26.